The van der Waals surface area contributed by atoms with Crippen LogP contribution in [0.25, 0.3) is 0 Å². The normalized spacial score (nSPS) is 22.4. The molecule has 0 aromatic heterocycles. The minimum Gasteiger partial charge on any atom is -0.444 e. The maximum absolute atomic E-state index is 12.3. The van der Waals surface area contributed by atoms with Gasteiger partial charge in [-0.1, -0.05) is 6.08 Å². The quantitative estimate of drug-likeness (QED) is 0.759. The van der Waals surface area contributed by atoms with Gasteiger partial charge in [0.15, 0.2) is 0 Å². The number of amides is 2. The van der Waals surface area contributed by atoms with E-state index in [-0.39, 0.29) is 12.0 Å². The Morgan fingerprint density at radius 3 is 2.33 bits per heavy atom. The van der Waals surface area contributed by atoms with Crippen LogP contribution in [0.2, 0.25) is 0 Å². The van der Waals surface area contributed by atoms with Gasteiger partial charge < -0.3 is 14.5 Å². The lowest BCUT2D eigenvalue weighted by molar-refractivity contribution is -0.126. The highest BCUT2D eigenvalue weighted by atomic mass is 16.6. The van der Waals surface area contributed by atoms with Crippen LogP contribution in [-0.2, 0) is 9.53 Å². The Kier molecular flexibility index (Phi) is 4.62. The average Bonchev–Trinajstić information content (AvgIpc) is 2.98. The van der Waals surface area contributed by atoms with Crippen molar-refractivity contribution in [3.8, 4) is 0 Å². The van der Waals surface area contributed by atoms with Gasteiger partial charge in [0.2, 0.25) is 0 Å². The van der Waals surface area contributed by atoms with Crippen molar-refractivity contribution in [1.29, 1.82) is 0 Å². The number of piperazine rings is 1. The number of aliphatic imine (C=N–C) groups is 1. The molecule has 7 heteroatoms. The summed E-state index contributed by atoms with van der Waals surface area (Å²) in [7, 11) is 0. The Balaban J connectivity index is 1.41. The minimum atomic E-state index is -0.452. The molecule has 0 atom stereocenters. The molecular weight excluding hydrogens is 308 g/mol. The molecule has 3 aliphatic heterocycles. The van der Waals surface area contributed by atoms with Crippen LogP contribution in [0.4, 0.5) is 4.79 Å². The van der Waals surface area contributed by atoms with Crippen molar-refractivity contribution in [3.63, 3.8) is 0 Å². The van der Waals surface area contributed by atoms with Crippen LogP contribution in [0.15, 0.2) is 17.3 Å². The third-order valence-electron chi connectivity index (χ3n) is 4.53. The molecule has 24 heavy (non-hydrogen) atoms. The van der Waals surface area contributed by atoms with E-state index in [0.717, 1.165) is 26.2 Å². The molecule has 0 aromatic rings. The van der Waals surface area contributed by atoms with Crippen LogP contribution in [0.1, 0.15) is 27.2 Å². The lowest BCUT2D eigenvalue weighted by Gasteiger charge is -2.47. The third-order valence-corrected chi connectivity index (χ3v) is 4.53. The van der Waals surface area contributed by atoms with Gasteiger partial charge in [0, 0.05) is 57.9 Å². The number of hydrogen-bond acceptors (Lipinski definition) is 5. The number of ether oxygens (including phenoxy) is 1. The fourth-order valence-electron chi connectivity index (χ4n) is 3.14. The van der Waals surface area contributed by atoms with Gasteiger partial charge in [-0.05, 0) is 20.8 Å². The van der Waals surface area contributed by atoms with E-state index < -0.39 is 5.60 Å². The van der Waals surface area contributed by atoms with Crippen molar-refractivity contribution >= 4 is 17.7 Å². The standard InChI is InChI=1S/C17H26N4O3/c1-17(2,3)24-16(23)21-11-13(12-21)19-7-9-20(10-8-19)15(22)14-5-4-6-18-14/h4,6,13H,5,7-12H2,1-3H3. The molecule has 0 spiro atoms. The molecule has 0 N–H and O–H groups in total. The van der Waals surface area contributed by atoms with E-state index in [1.165, 1.54) is 0 Å². The highest BCUT2D eigenvalue weighted by Gasteiger charge is 2.38. The molecule has 0 aromatic carbocycles. The second-order valence-electron chi connectivity index (χ2n) is 7.53. The van der Waals surface area contributed by atoms with Gasteiger partial charge in [-0.15, -0.1) is 0 Å². The maximum atomic E-state index is 12.3. The molecule has 0 radical (unpaired) electrons. The molecule has 2 saturated heterocycles. The monoisotopic (exact) mass is 334 g/mol. The summed E-state index contributed by atoms with van der Waals surface area (Å²) in [6.07, 6.45) is 4.01. The lowest BCUT2D eigenvalue weighted by Crippen LogP contribution is -2.65. The topological polar surface area (TPSA) is 65.5 Å². The summed E-state index contributed by atoms with van der Waals surface area (Å²) in [6.45, 7) is 10.2. The molecule has 2 amide bonds. The van der Waals surface area contributed by atoms with Crippen molar-refractivity contribution in [2.75, 3.05) is 39.3 Å². The molecular formula is C17H26N4O3. The van der Waals surface area contributed by atoms with Gasteiger partial charge >= 0.3 is 6.09 Å². The van der Waals surface area contributed by atoms with E-state index in [1.807, 2.05) is 31.7 Å². The minimum absolute atomic E-state index is 0.0589. The fourth-order valence-corrected chi connectivity index (χ4v) is 3.14. The Morgan fingerprint density at radius 2 is 1.79 bits per heavy atom. The van der Waals surface area contributed by atoms with Gasteiger partial charge in [0.1, 0.15) is 11.3 Å². The number of likely N-dealkylation sites (tertiary alicyclic amines) is 1. The van der Waals surface area contributed by atoms with E-state index in [2.05, 4.69) is 9.89 Å². The fraction of sp³-hybridized carbons (Fsp3) is 0.706. The van der Waals surface area contributed by atoms with E-state index in [4.69, 9.17) is 4.74 Å². The van der Waals surface area contributed by atoms with Gasteiger partial charge in [-0.3, -0.25) is 14.7 Å². The molecule has 0 aliphatic carbocycles. The number of carbonyl (C=O) groups excluding carboxylic acids is 2. The molecule has 2 fully saturated rings. The van der Waals surface area contributed by atoms with Gasteiger partial charge in [-0.2, -0.15) is 0 Å². The van der Waals surface area contributed by atoms with E-state index in [9.17, 15) is 9.59 Å². The van der Waals surface area contributed by atoms with Crippen LogP contribution in [0.5, 0.6) is 0 Å². The highest BCUT2D eigenvalue weighted by molar-refractivity contribution is 6.39. The predicted molar refractivity (Wildman–Crippen MR) is 90.9 cm³/mol. The molecule has 0 saturated carbocycles. The van der Waals surface area contributed by atoms with Crippen molar-refractivity contribution in [2.45, 2.75) is 38.8 Å². The molecule has 0 unspecified atom stereocenters. The molecule has 3 aliphatic rings. The number of carbonyl (C=O) groups is 2. The van der Waals surface area contributed by atoms with Crippen molar-refractivity contribution in [2.24, 2.45) is 4.99 Å². The Bertz CT molecular complexity index is 565. The maximum Gasteiger partial charge on any atom is 0.410 e. The number of hydrogen-bond donors (Lipinski definition) is 0. The predicted octanol–water partition coefficient (Wildman–Crippen LogP) is 1.11. The Labute approximate surface area is 142 Å². The highest BCUT2D eigenvalue weighted by Crippen LogP contribution is 2.20. The van der Waals surface area contributed by atoms with Crippen LogP contribution < -0.4 is 0 Å². The van der Waals surface area contributed by atoms with Crippen LogP contribution >= 0.6 is 0 Å². The average molecular weight is 334 g/mol. The number of nitrogens with zero attached hydrogens (tertiary/aromatic N) is 4. The first-order chi connectivity index (χ1) is 11.3. The third kappa shape index (κ3) is 3.77. The second-order valence-corrected chi connectivity index (χ2v) is 7.53. The van der Waals surface area contributed by atoms with Gasteiger partial charge in [-0.25, -0.2) is 4.79 Å². The molecule has 7 nitrogen and oxygen atoms in total. The summed E-state index contributed by atoms with van der Waals surface area (Å²) in [5.74, 6) is 0.0589. The molecule has 0 bridgehead atoms. The molecule has 3 rings (SSSR count). The zero-order valence-electron chi connectivity index (χ0n) is 14.7. The first-order valence-electron chi connectivity index (χ1n) is 8.56. The SMILES string of the molecule is CC(C)(C)OC(=O)N1CC(N2CCN(C(=O)C3=NC=CC3)CC2)C1. The first-order valence-corrected chi connectivity index (χ1v) is 8.56. The van der Waals surface area contributed by atoms with Gasteiger partial charge in [0.05, 0.1) is 0 Å². The Morgan fingerprint density at radius 1 is 1.12 bits per heavy atom. The van der Waals surface area contributed by atoms with E-state index in [0.29, 0.717) is 31.3 Å². The van der Waals surface area contributed by atoms with Crippen LogP contribution in [0, 0.1) is 0 Å². The smallest absolute Gasteiger partial charge is 0.410 e. The van der Waals surface area contributed by atoms with Crippen LogP contribution in [-0.4, -0.2) is 83.3 Å². The number of allylic oxidation sites excluding steroid dienone is 1. The summed E-state index contributed by atoms with van der Waals surface area (Å²) in [5, 5.41) is 0. The summed E-state index contributed by atoms with van der Waals surface area (Å²) in [6, 6.07) is 0.375. The van der Waals surface area contributed by atoms with Crippen molar-refractivity contribution in [3.05, 3.63) is 12.3 Å². The first kappa shape index (κ1) is 17.0. The summed E-state index contributed by atoms with van der Waals surface area (Å²) < 4.78 is 5.38. The van der Waals surface area contributed by atoms with Gasteiger partial charge in [0.25, 0.3) is 5.91 Å². The van der Waals surface area contributed by atoms with Crippen molar-refractivity contribution < 1.29 is 14.3 Å². The summed E-state index contributed by atoms with van der Waals surface area (Å²) in [5.41, 5.74) is 0.189. The number of rotatable bonds is 2. The molecule has 3 heterocycles. The summed E-state index contributed by atoms with van der Waals surface area (Å²) in [4.78, 5) is 34.4. The summed E-state index contributed by atoms with van der Waals surface area (Å²) >= 11 is 0. The van der Waals surface area contributed by atoms with E-state index in [1.54, 1.807) is 11.1 Å². The van der Waals surface area contributed by atoms with Crippen LogP contribution in [0.3, 0.4) is 0 Å². The largest absolute Gasteiger partial charge is 0.444 e. The van der Waals surface area contributed by atoms with Crippen molar-refractivity contribution in [1.82, 2.24) is 14.7 Å². The van der Waals surface area contributed by atoms with E-state index >= 15 is 0 Å². The second kappa shape index (κ2) is 6.55. The zero-order valence-corrected chi connectivity index (χ0v) is 14.7. The Hall–Kier alpha value is -1.89. The lowest BCUT2D eigenvalue weighted by atomic mass is 10.1. The zero-order chi connectivity index (χ0) is 17.3. The molecule has 132 valence electrons.